The minimum absolute atomic E-state index is 0.0642. The molecule has 0 saturated carbocycles. The highest BCUT2D eigenvalue weighted by Crippen LogP contribution is 2.19. The Morgan fingerprint density at radius 1 is 1.52 bits per heavy atom. The van der Waals surface area contributed by atoms with Crippen molar-refractivity contribution >= 4 is 10.0 Å². The Morgan fingerprint density at radius 3 is 2.76 bits per heavy atom. The number of nitrogens with zero attached hydrogens (tertiary/aromatic N) is 2. The molecule has 1 rings (SSSR count). The zero-order valence-electron chi connectivity index (χ0n) is 12.7. The van der Waals surface area contributed by atoms with Gasteiger partial charge in [-0.3, -0.25) is 0 Å². The smallest absolute Gasteiger partial charge is 0.244 e. The normalized spacial score (nSPS) is 12.0. The van der Waals surface area contributed by atoms with Crippen LogP contribution in [0.5, 0.6) is 0 Å². The van der Waals surface area contributed by atoms with Crippen LogP contribution in [0.2, 0.25) is 0 Å². The van der Waals surface area contributed by atoms with Crippen LogP contribution >= 0.6 is 0 Å². The molecule has 0 aliphatic rings. The SMILES string of the molecule is C=CCN(CCO)S(=O)(=O)c1cc(CNC)n(CCC)c1. The maximum absolute atomic E-state index is 12.6. The molecule has 0 unspecified atom stereocenters. The van der Waals surface area contributed by atoms with Gasteiger partial charge in [-0.1, -0.05) is 13.0 Å². The molecule has 0 aliphatic carbocycles. The lowest BCUT2D eigenvalue weighted by Crippen LogP contribution is -2.33. The van der Waals surface area contributed by atoms with Crippen LogP contribution in [0.1, 0.15) is 19.0 Å². The predicted molar refractivity (Wildman–Crippen MR) is 83.5 cm³/mol. The first-order valence-corrected chi connectivity index (χ1v) is 8.50. The Balaban J connectivity index is 3.16. The monoisotopic (exact) mass is 315 g/mol. The highest BCUT2D eigenvalue weighted by atomic mass is 32.2. The van der Waals surface area contributed by atoms with Crippen molar-refractivity contribution in [3.05, 3.63) is 30.6 Å². The fourth-order valence-corrected chi connectivity index (χ4v) is 3.63. The van der Waals surface area contributed by atoms with Crippen LogP contribution in [-0.2, 0) is 23.1 Å². The summed E-state index contributed by atoms with van der Waals surface area (Å²) in [5.74, 6) is 0. The molecule has 0 amide bonds. The van der Waals surface area contributed by atoms with E-state index in [0.717, 1.165) is 18.7 Å². The van der Waals surface area contributed by atoms with Crippen molar-refractivity contribution in [2.75, 3.05) is 26.7 Å². The minimum Gasteiger partial charge on any atom is -0.395 e. The molecule has 1 heterocycles. The Bertz CT molecular complexity index is 528. The molecule has 0 bridgehead atoms. The van der Waals surface area contributed by atoms with E-state index in [9.17, 15) is 8.42 Å². The molecule has 0 spiro atoms. The lowest BCUT2D eigenvalue weighted by molar-refractivity contribution is 0.260. The van der Waals surface area contributed by atoms with E-state index in [-0.39, 0.29) is 24.6 Å². The standard InChI is InChI=1S/C14H25N3O3S/c1-4-6-16-12-14(10-13(16)11-15-3)21(19,20)17(7-5-2)8-9-18/h5,10,12,15,18H,2,4,6-9,11H2,1,3H3. The molecular formula is C14H25N3O3S. The Labute approximate surface area is 127 Å². The fourth-order valence-electron chi connectivity index (χ4n) is 2.16. The molecule has 0 saturated heterocycles. The number of aliphatic hydroxyl groups is 1. The lowest BCUT2D eigenvalue weighted by Gasteiger charge is -2.18. The van der Waals surface area contributed by atoms with Gasteiger partial charge in [0.15, 0.2) is 0 Å². The molecule has 0 aliphatic heterocycles. The summed E-state index contributed by atoms with van der Waals surface area (Å²) < 4.78 is 28.4. The lowest BCUT2D eigenvalue weighted by atomic mass is 10.4. The Morgan fingerprint density at radius 2 is 2.24 bits per heavy atom. The van der Waals surface area contributed by atoms with Gasteiger partial charge in [-0.15, -0.1) is 6.58 Å². The molecule has 2 N–H and O–H groups in total. The average molecular weight is 315 g/mol. The average Bonchev–Trinajstić information content (AvgIpc) is 2.83. The van der Waals surface area contributed by atoms with Crippen LogP contribution in [-0.4, -0.2) is 49.1 Å². The van der Waals surface area contributed by atoms with Gasteiger partial charge in [-0.2, -0.15) is 4.31 Å². The number of aromatic nitrogens is 1. The van der Waals surface area contributed by atoms with Gasteiger partial charge in [-0.05, 0) is 19.5 Å². The minimum atomic E-state index is -3.61. The third-order valence-electron chi connectivity index (χ3n) is 3.10. The summed E-state index contributed by atoms with van der Waals surface area (Å²) in [6.45, 7) is 7.03. The van der Waals surface area contributed by atoms with E-state index in [1.807, 2.05) is 18.5 Å². The molecule has 1 aromatic heterocycles. The number of hydrogen-bond donors (Lipinski definition) is 2. The number of hydrogen-bond acceptors (Lipinski definition) is 4. The zero-order valence-corrected chi connectivity index (χ0v) is 13.6. The summed E-state index contributed by atoms with van der Waals surface area (Å²) in [6.07, 6.45) is 4.11. The van der Waals surface area contributed by atoms with Crippen molar-refractivity contribution in [3.8, 4) is 0 Å². The summed E-state index contributed by atoms with van der Waals surface area (Å²) >= 11 is 0. The molecule has 0 atom stereocenters. The molecule has 1 aromatic rings. The van der Waals surface area contributed by atoms with Gasteiger partial charge in [0.1, 0.15) is 4.90 Å². The van der Waals surface area contributed by atoms with Crippen molar-refractivity contribution < 1.29 is 13.5 Å². The molecule has 120 valence electrons. The van der Waals surface area contributed by atoms with E-state index in [1.54, 1.807) is 12.3 Å². The van der Waals surface area contributed by atoms with Gasteiger partial charge in [0.05, 0.1) is 6.61 Å². The summed E-state index contributed by atoms with van der Waals surface area (Å²) in [4.78, 5) is 0.261. The number of nitrogens with one attached hydrogen (secondary N) is 1. The summed E-state index contributed by atoms with van der Waals surface area (Å²) in [5.41, 5.74) is 0.931. The second-order valence-corrected chi connectivity index (χ2v) is 6.70. The van der Waals surface area contributed by atoms with Gasteiger partial charge in [-0.25, -0.2) is 8.42 Å². The third kappa shape index (κ3) is 4.41. The van der Waals surface area contributed by atoms with Gasteiger partial charge in [0, 0.05) is 38.1 Å². The van der Waals surface area contributed by atoms with Gasteiger partial charge < -0.3 is 15.0 Å². The maximum atomic E-state index is 12.6. The summed E-state index contributed by atoms with van der Waals surface area (Å²) in [5, 5.41) is 12.1. The van der Waals surface area contributed by atoms with Gasteiger partial charge >= 0.3 is 0 Å². The quantitative estimate of drug-likeness (QED) is 0.626. The second kappa shape index (κ2) is 8.33. The highest BCUT2D eigenvalue weighted by Gasteiger charge is 2.25. The Hall–Kier alpha value is -1.15. The number of aryl methyl sites for hydroxylation is 1. The van der Waals surface area contributed by atoms with E-state index in [2.05, 4.69) is 11.9 Å². The van der Waals surface area contributed by atoms with E-state index in [1.165, 1.54) is 10.4 Å². The summed E-state index contributed by atoms with van der Waals surface area (Å²) in [6, 6.07) is 1.69. The number of aliphatic hydroxyl groups excluding tert-OH is 1. The first kappa shape index (κ1) is 17.9. The topological polar surface area (TPSA) is 74.6 Å². The summed E-state index contributed by atoms with van der Waals surface area (Å²) in [7, 11) is -1.78. The molecule has 0 aromatic carbocycles. The fraction of sp³-hybridized carbons (Fsp3) is 0.571. The van der Waals surface area contributed by atoms with E-state index < -0.39 is 10.0 Å². The highest BCUT2D eigenvalue weighted by molar-refractivity contribution is 7.89. The molecule has 6 nitrogen and oxygen atoms in total. The van der Waals surface area contributed by atoms with Crippen LogP contribution in [0.4, 0.5) is 0 Å². The van der Waals surface area contributed by atoms with E-state index >= 15 is 0 Å². The van der Waals surface area contributed by atoms with Crippen LogP contribution < -0.4 is 5.32 Å². The first-order chi connectivity index (χ1) is 10.0. The molecule has 7 heteroatoms. The van der Waals surface area contributed by atoms with Gasteiger partial charge in [0.25, 0.3) is 0 Å². The molecule has 0 radical (unpaired) electrons. The van der Waals surface area contributed by atoms with Crippen LogP contribution in [0, 0.1) is 0 Å². The van der Waals surface area contributed by atoms with Crippen molar-refractivity contribution in [1.29, 1.82) is 0 Å². The zero-order chi connectivity index (χ0) is 15.9. The number of sulfonamides is 1. The Kier molecular flexibility index (Phi) is 7.10. The van der Waals surface area contributed by atoms with Gasteiger partial charge in [0.2, 0.25) is 10.0 Å². The van der Waals surface area contributed by atoms with E-state index in [4.69, 9.17) is 5.11 Å². The molecular weight excluding hydrogens is 290 g/mol. The molecule has 0 fully saturated rings. The largest absolute Gasteiger partial charge is 0.395 e. The molecule has 21 heavy (non-hydrogen) atoms. The van der Waals surface area contributed by atoms with Crippen molar-refractivity contribution in [2.24, 2.45) is 0 Å². The number of rotatable bonds is 10. The van der Waals surface area contributed by atoms with Crippen LogP contribution in [0.25, 0.3) is 0 Å². The van der Waals surface area contributed by atoms with Crippen LogP contribution in [0.15, 0.2) is 29.8 Å². The predicted octanol–water partition coefficient (Wildman–Crippen LogP) is 0.786. The van der Waals surface area contributed by atoms with Crippen molar-refractivity contribution in [3.63, 3.8) is 0 Å². The third-order valence-corrected chi connectivity index (χ3v) is 4.93. The van der Waals surface area contributed by atoms with Crippen molar-refractivity contribution in [1.82, 2.24) is 14.2 Å². The second-order valence-electron chi connectivity index (χ2n) is 4.77. The first-order valence-electron chi connectivity index (χ1n) is 7.06. The van der Waals surface area contributed by atoms with Crippen molar-refractivity contribution in [2.45, 2.75) is 31.3 Å². The van der Waals surface area contributed by atoms with Crippen LogP contribution in [0.3, 0.4) is 0 Å². The maximum Gasteiger partial charge on any atom is 0.244 e. The van der Waals surface area contributed by atoms with E-state index in [0.29, 0.717) is 6.54 Å².